The fourth-order valence-corrected chi connectivity index (χ4v) is 3.76. The molecule has 0 unspecified atom stereocenters. The molecule has 3 rings (SSSR count). The molecule has 1 aliphatic heterocycles. The Balaban J connectivity index is 1.42. The zero-order valence-electron chi connectivity index (χ0n) is 17.8. The Hall–Kier alpha value is -3.21. The average molecular weight is 420 g/mol. The van der Waals surface area contributed by atoms with Crippen molar-refractivity contribution in [1.82, 2.24) is 5.32 Å². The van der Waals surface area contributed by atoms with Crippen molar-refractivity contribution in [3.63, 3.8) is 0 Å². The molecule has 5 nitrogen and oxygen atoms in total. The van der Waals surface area contributed by atoms with Gasteiger partial charge in [0, 0.05) is 0 Å². The number of aryl methyl sites for hydroxylation is 1. The summed E-state index contributed by atoms with van der Waals surface area (Å²) in [4.78, 5) is 36.0. The van der Waals surface area contributed by atoms with Gasteiger partial charge < -0.3 is 4.74 Å². The zero-order valence-corrected chi connectivity index (χ0v) is 17.8. The van der Waals surface area contributed by atoms with E-state index in [0.717, 1.165) is 18.4 Å². The van der Waals surface area contributed by atoms with Gasteiger partial charge >= 0.3 is 5.97 Å². The molecule has 2 amide bonds. The van der Waals surface area contributed by atoms with Gasteiger partial charge in [-0.3, -0.25) is 19.7 Å². The Morgan fingerprint density at radius 3 is 2.39 bits per heavy atom. The summed E-state index contributed by atoms with van der Waals surface area (Å²) in [6, 6.07) is 13.1. The number of esters is 1. The highest BCUT2D eigenvalue weighted by molar-refractivity contribution is 6.22. The molecule has 5 heteroatoms. The standard InChI is InChI=1S/C26H29NO4/c1-2-3-4-5-6-7-8-10-19-13-15-20(16-14-19)18-31-23(28)17-21-11-9-12-22-24(21)26(30)27-25(22)29/h2,9,11-16H,1,3-8,10,17-18H2,(H,27,29,30). The lowest BCUT2D eigenvalue weighted by atomic mass is 10.0. The number of nitrogens with one attached hydrogen (secondary N) is 1. The minimum absolute atomic E-state index is 0.0469. The maximum Gasteiger partial charge on any atom is 0.310 e. The molecule has 162 valence electrons. The van der Waals surface area contributed by atoms with Crippen LogP contribution in [0, 0.1) is 0 Å². The van der Waals surface area contributed by atoms with Gasteiger partial charge in [0.2, 0.25) is 0 Å². The van der Waals surface area contributed by atoms with Crippen molar-refractivity contribution in [1.29, 1.82) is 0 Å². The number of benzene rings is 2. The van der Waals surface area contributed by atoms with Crippen LogP contribution in [0.25, 0.3) is 0 Å². The number of ether oxygens (including phenoxy) is 1. The fraction of sp³-hybridized carbons (Fsp3) is 0.346. The van der Waals surface area contributed by atoms with Gasteiger partial charge in [-0.15, -0.1) is 6.58 Å². The molecule has 0 saturated carbocycles. The first-order chi connectivity index (χ1) is 15.1. The number of imide groups is 1. The van der Waals surface area contributed by atoms with E-state index in [4.69, 9.17) is 4.74 Å². The highest BCUT2D eigenvalue weighted by Gasteiger charge is 2.29. The molecule has 0 saturated heterocycles. The van der Waals surface area contributed by atoms with Gasteiger partial charge in [-0.2, -0.15) is 0 Å². The average Bonchev–Trinajstić information content (AvgIpc) is 3.07. The topological polar surface area (TPSA) is 72.5 Å². The molecule has 0 atom stereocenters. The summed E-state index contributed by atoms with van der Waals surface area (Å²) in [7, 11) is 0. The van der Waals surface area contributed by atoms with Gasteiger partial charge in [-0.1, -0.05) is 61.7 Å². The number of carbonyl (C=O) groups excluding carboxylic acids is 3. The number of hydrogen-bond donors (Lipinski definition) is 1. The number of unbranched alkanes of at least 4 members (excludes halogenated alkanes) is 5. The lowest BCUT2D eigenvalue weighted by molar-refractivity contribution is -0.144. The molecule has 1 N–H and O–H groups in total. The third-order valence-corrected chi connectivity index (χ3v) is 5.48. The maximum atomic E-state index is 12.3. The van der Waals surface area contributed by atoms with E-state index in [9.17, 15) is 14.4 Å². The lowest BCUT2D eigenvalue weighted by Crippen LogP contribution is -2.20. The van der Waals surface area contributed by atoms with Crippen molar-refractivity contribution in [2.24, 2.45) is 0 Å². The lowest BCUT2D eigenvalue weighted by Gasteiger charge is -2.08. The Morgan fingerprint density at radius 1 is 0.903 bits per heavy atom. The van der Waals surface area contributed by atoms with Crippen LogP contribution >= 0.6 is 0 Å². The number of fused-ring (bicyclic) bond motifs is 1. The third-order valence-electron chi connectivity index (χ3n) is 5.48. The summed E-state index contributed by atoms with van der Waals surface area (Å²) in [5, 5.41) is 2.25. The van der Waals surface area contributed by atoms with Crippen LogP contribution in [-0.4, -0.2) is 17.8 Å². The van der Waals surface area contributed by atoms with Crippen LogP contribution < -0.4 is 5.32 Å². The second-order valence-electron chi connectivity index (χ2n) is 7.87. The SMILES string of the molecule is C=CCCCCCCCc1ccc(COC(=O)Cc2cccc3c2C(=O)NC3=O)cc1. The van der Waals surface area contributed by atoms with Crippen LogP contribution in [0.1, 0.15) is 75.9 Å². The molecule has 0 radical (unpaired) electrons. The van der Waals surface area contributed by atoms with Crippen LogP contribution in [-0.2, 0) is 29.0 Å². The smallest absolute Gasteiger partial charge is 0.310 e. The molecule has 31 heavy (non-hydrogen) atoms. The van der Waals surface area contributed by atoms with Crippen LogP contribution in [0.3, 0.4) is 0 Å². The minimum atomic E-state index is -0.462. The first-order valence-electron chi connectivity index (χ1n) is 10.9. The molecule has 0 aromatic heterocycles. The largest absolute Gasteiger partial charge is 0.461 e. The molecule has 2 aromatic rings. The second-order valence-corrected chi connectivity index (χ2v) is 7.87. The van der Waals surface area contributed by atoms with Crippen LogP contribution in [0.5, 0.6) is 0 Å². The molecule has 2 aromatic carbocycles. The second kappa shape index (κ2) is 11.3. The number of carbonyl (C=O) groups is 3. The first kappa shape index (κ1) is 22.5. The predicted molar refractivity (Wildman–Crippen MR) is 120 cm³/mol. The van der Waals surface area contributed by atoms with Crippen molar-refractivity contribution in [3.8, 4) is 0 Å². The van der Waals surface area contributed by atoms with E-state index in [2.05, 4.69) is 24.0 Å². The molecule has 0 spiro atoms. The fourth-order valence-electron chi connectivity index (χ4n) is 3.76. The molecule has 1 heterocycles. The van der Waals surface area contributed by atoms with Crippen molar-refractivity contribution in [2.45, 2.75) is 58.0 Å². The Morgan fingerprint density at radius 2 is 1.61 bits per heavy atom. The van der Waals surface area contributed by atoms with E-state index in [1.807, 2.05) is 18.2 Å². The number of hydrogen-bond acceptors (Lipinski definition) is 4. The van der Waals surface area contributed by atoms with Gasteiger partial charge in [0.05, 0.1) is 17.5 Å². The van der Waals surface area contributed by atoms with Gasteiger partial charge in [0.1, 0.15) is 6.61 Å². The molecule has 1 aliphatic rings. The number of allylic oxidation sites excluding steroid dienone is 1. The number of rotatable bonds is 12. The minimum Gasteiger partial charge on any atom is -0.461 e. The molecule has 0 aliphatic carbocycles. The molecule has 0 fully saturated rings. The van der Waals surface area contributed by atoms with Gasteiger partial charge in [0.15, 0.2) is 0 Å². The predicted octanol–water partition coefficient (Wildman–Crippen LogP) is 4.93. The normalized spacial score (nSPS) is 12.4. The van der Waals surface area contributed by atoms with E-state index < -0.39 is 17.8 Å². The van der Waals surface area contributed by atoms with E-state index in [1.54, 1.807) is 18.2 Å². The van der Waals surface area contributed by atoms with Crippen LogP contribution in [0.15, 0.2) is 55.1 Å². The Bertz CT molecular complexity index is 946. The van der Waals surface area contributed by atoms with Crippen molar-refractivity contribution in [3.05, 3.63) is 82.9 Å². The van der Waals surface area contributed by atoms with Gasteiger partial charge in [-0.25, -0.2) is 0 Å². The van der Waals surface area contributed by atoms with Crippen LogP contribution in [0.2, 0.25) is 0 Å². The summed E-state index contributed by atoms with van der Waals surface area (Å²) < 4.78 is 5.38. The molecular formula is C26H29NO4. The highest BCUT2D eigenvalue weighted by Crippen LogP contribution is 2.21. The van der Waals surface area contributed by atoms with Gasteiger partial charge in [0.25, 0.3) is 11.8 Å². The Kier molecular flexibility index (Phi) is 8.16. The third kappa shape index (κ3) is 6.38. The quantitative estimate of drug-likeness (QED) is 0.229. The van der Waals surface area contributed by atoms with Crippen molar-refractivity contribution < 1.29 is 19.1 Å². The Labute approximate surface area is 183 Å². The first-order valence-corrected chi connectivity index (χ1v) is 10.9. The van der Waals surface area contributed by atoms with E-state index in [-0.39, 0.29) is 18.6 Å². The van der Waals surface area contributed by atoms with Crippen LogP contribution in [0.4, 0.5) is 0 Å². The van der Waals surface area contributed by atoms with E-state index in [1.165, 1.54) is 37.7 Å². The summed E-state index contributed by atoms with van der Waals surface area (Å²) in [6.07, 6.45) is 10.3. The van der Waals surface area contributed by atoms with E-state index in [0.29, 0.717) is 11.1 Å². The van der Waals surface area contributed by atoms with Gasteiger partial charge in [-0.05, 0) is 48.4 Å². The molecular weight excluding hydrogens is 390 g/mol. The summed E-state index contributed by atoms with van der Waals surface area (Å²) >= 11 is 0. The van der Waals surface area contributed by atoms with Crippen molar-refractivity contribution >= 4 is 17.8 Å². The number of amides is 2. The highest BCUT2D eigenvalue weighted by atomic mass is 16.5. The maximum absolute atomic E-state index is 12.3. The summed E-state index contributed by atoms with van der Waals surface area (Å²) in [6.45, 7) is 3.93. The monoisotopic (exact) mass is 419 g/mol. The summed E-state index contributed by atoms with van der Waals surface area (Å²) in [5.41, 5.74) is 3.30. The zero-order chi connectivity index (χ0) is 22.1. The summed E-state index contributed by atoms with van der Waals surface area (Å²) in [5.74, 6) is -1.32. The van der Waals surface area contributed by atoms with Crippen molar-refractivity contribution in [2.75, 3.05) is 0 Å². The molecule has 0 bridgehead atoms. The van der Waals surface area contributed by atoms with E-state index >= 15 is 0 Å².